The van der Waals surface area contributed by atoms with Crippen LogP contribution in [0.4, 0.5) is 11.4 Å². The number of nitro groups is 1. The number of benzene rings is 2. The van der Waals surface area contributed by atoms with Crippen LogP contribution in [0.1, 0.15) is 25.0 Å². The number of hydrogen-bond donors (Lipinski definition) is 2. The zero-order valence-corrected chi connectivity index (χ0v) is 18.4. The van der Waals surface area contributed by atoms with Crippen LogP contribution >= 0.6 is 27.5 Å². The lowest BCUT2D eigenvalue weighted by atomic mass is 10.2. The SMILES string of the molecule is N=C(c1oc2c([N+](=O)[O-])cc(Br)cc2c1O)N(OC1CCCCO1)c1cccc(Cl)c1. The summed E-state index contributed by atoms with van der Waals surface area (Å²) in [6.45, 7) is 0.525. The van der Waals surface area contributed by atoms with Gasteiger partial charge in [-0.3, -0.25) is 15.5 Å². The van der Waals surface area contributed by atoms with Crippen molar-refractivity contribution in [1.82, 2.24) is 0 Å². The lowest BCUT2D eigenvalue weighted by Crippen LogP contribution is -2.37. The van der Waals surface area contributed by atoms with E-state index >= 15 is 0 Å². The first-order valence-corrected chi connectivity index (χ1v) is 10.5. The van der Waals surface area contributed by atoms with Crippen LogP contribution in [0.2, 0.25) is 5.02 Å². The van der Waals surface area contributed by atoms with Crippen molar-refractivity contribution < 1.29 is 24.0 Å². The van der Waals surface area contributed by atoms with Crippen LogP contribution in [0.3, 0.4) is 0 Å². The summed E-state index contributed by atoms with van der Waals surface area (Å²) >= 11 is 9.31. The summed E-state index contributed by atoms with van der Waals surface area (Å²) in [5.74, 6) is -1.06. The van der Waals surface area contributed by atoms with E-state index in [-0.39, 0.29) is 28.3 Å². The van der Waals surface area contributed by atoms with Crippen molar-refractivity contribution in [1.29, 1.82) is 5.41 Å². The van der Waals surface area contributed by atoms with Crippen molar-refractivity contribution in [3.8, 4) is 5.75 Å². The number of aromatic hydroxyl groups is 1. The van der Waals surface area contributed by atoms with E-state index in [2.05, 4.69) is 15.9 Å². The molecule has 9 nitrogen and oxygen atoms in total. The van der Waals surface area contributed by atoms with E-state index in [0.29, 0.717) is 28.2 Å². The highest BCUT2D eigenvalue weighted by molar-refractivity contribution is 9.10. The van der Waals surface area contributed by atoms with Gasteiger partial charge in [0.25, 0.3) is 0 Å². The van der Waals surface area contributed by atoms with Crippen molar-refractivity contribution in [2.24, 2.45) is 0 Å². The topological polar surface area (TPSA) is 122 Å². The molecule has 0 aliphatic carbocycles. The molecule has 0 bridgehead atoms. The monoisotopic (exact) mass is 509 g/mol. The third-order valence-corrected chi connectivity index (χ3v) is 5.42. The lowest BCUT2D eigenvalue weighted by Gasteiger charge is -2.30. The fraction of sp³-hybridized carbons (Fsp3) is 0.250. The van der Waals surface area contributed by atoms with E-state index in [1.165, 1.54) is 12.1 Å². The van der Waals surface area contributed by atoms with Gasteiger partial charge in [0.2, 0.25) is 11.3 Å². The number of furan rings is 1. The molecule has 1 saturated heterocycles. The van der Waals surface area contributed by atoms with Gasteiger partial charge in [0.1, 0.15) is 0 Å². The third-order valence-electron chi connectivity index (χ3n) is 4.73. The molecule has 1 fully saturated rings. The van der Waals surface area contributed by atoms with Gasteiger partial charge in [-0.1, -0.05) is 33.6 Å². The highest BCUT2D eigenvalue weighted by Crippen LogP contribution is 2.40. The zero-order chi connectivity index (χ0) is 22.1. The lowest BCUT2D eigenvalue weighted by molar-refractivity contribution is -0.383. The van der Waals surface area contributed by atoms with Crippen LogP contribution in [0.5, 0.6) is 5.75 Å². The number of hydrogen-bond acceptors (Lipinski definition) is 7. The molecule has 0 radical (unpaired) electrons. The van der Waals surface area contributed by atoms with Gasteiger partial charge in [-0.15, -0.1) is 0 Å². The van der Waals surface area contributed by atoms with Gasteiger partial charge in [-0.05, 0) is 37.1 Å². The Bertz CT molecular complexity index is 1160. The summed E-state index contributed by atoms with van der Waals surface area (Å²) < 4.78 is 11.6. The summed E-state index contributed by atoms with van der Waals surface area (Å²) in [6.07, 6.45) is 1.83. The molecular formula is C20H17BrClN3O6. The predicted octanol–water partition coefficient (Wildman–Crippen LogP) is 5.75. The van der Waals surface area contributed by atoms with E-state index in [1.807, 2.05) is 0 Å². The molecule has 2 heterocycles. The molecule has 1 aromatic heterocycles. The molecule has 4 rings (SSSR count). The first-order valence-electron chi connectivity index (χ1n) is 9.37. The number of fused-ring (bicyclic) bond motifs is 1. The number of nitrogens with one attached hydrogen (secondary N) is 1. The van der Waals surface area contributed by atoms with Crippen LogP contribution in [0.25, 0.3) is 11.0 Å². The molecule has 1 aliphatic heterocycles. The number of anilines is 1. The fourth-order valence-electron chi connectivity index (χ4n) is 3.28. The second kappa shape index (κ2) is 8.83. The minimum atomic E-state index is -0.620. The molecule has 0 amide bonds. The van der Waals surface area contributed by atoms with E-state index < -0.39 is 17.0 Å². The Morgan fingerprint density at radius 2 is 2.16 bits per heavy atom. The van der Waals surface area contributed by atoms with E-state index in [9.17, 15) is 15.2 Å². The maximum absolute atomic E-state index is 11.4. The van der Waals surface area contributed by atoms with Crippen LogP contribution < -0.4 is 5.06 Å². The van der Waals surface area contributed by atoms with Crippen molar-refractivity contribution >= 4 is 55.7 Å². The molecule has 2 N–H and O–H groups in total. The number of nitrogens with zero attached hydrogens (tertiary/aromatic N) is 2. The molecule has 11 heteroatoms. The standard InChI is InChI=1S/C20H17BrClN3O6/c21-11-8-14-17(26)19(30-18(14)15(9-11)25(27)28)20(23)24(13-5-3-4-12(22)10-13)31-16-6-1-2-7-29-16/h3-5,8-10,16,23,26H,1-2,6-7H2. The third kappa shape index (κ3) is 4.38. The predicted molar refractivity (Wildman–Crippen MR) is 118 cm³/mol. The molecule has 162 valence electrons. The molecule has 31 heavy (non-hydrogen) atoms. The number of ether oxygens (including phenoxy) is 1. The molecular weight excluding hydrogens is 494 g/mol. The summed E-state index contributed by atoms with van der Waals surface area (Å²) in [4.78, 5) is 16.7. The Kier molecular flexibility index (Phi) is 6.15. The smallest absolute Gasteiger partial charge is 0.313 e. The normalized spacial score (nSPS) is 16.4. The minimum absolute atomic E-state index is 0.0979. The molecule has 3 aromatic rings. The van der Waals surface area contributed by atoms with E-state index in [4.69, 9.17) is 31.0 Å². The number of hydroxylamine groups is 1. The van der Waals surface area contributed by atoms with E-state index in [0.717, 1.165) is 17.9 Å². The van der Waals surface area contributed by atoms with Gasteiger partial charge < -0.3 is 14.3 Å². The molecule has 0 saturated carbocycles. The highest BCUT2D eigenvalue weighted by atomic mass is 79.9. The Morgan fingerprint density at radius 1 is 1.35 bits per heavy atom. The summed E-state index contributed by atoms with van der Waals surface area (Å²) in [5, 5.41) is 32.5. The van der Waals surface area contributed by atoms with Gasteiger partial charge >= 0.3 is 5.69 Å². The number of nitro benzene ring substituents is 1. The first-order chi connectivity index (χ1) is 14.8. The Morgan fingerprint density at radius 3 is 2.84 bits per heavy atom. The van der Waals surface area contributed by atoms with Crippen molar-refractivity contribution in [2.75, 3.05) is 11.7 Å². The summed E-state index contributed by atoms with van der Waals surface area (Å²) in [7, 11) is 0. The van der Waals surface area contributed by atoms with Gasteiger partial charge in [0.15, 0.2) is 17.9 Å². The van der Waals surface area contributed by atoms with Gasteiger partial charge in [-0.2, -0.15) is 5.06 Å². The number of halogens is 2. The molecule has 1 unspecified atom stereocenters. The fourth-order valence-corrected chi connectivity index (χ4v) is 3.91. The second-order valence-electron chi connectivity index (χ2n) is 6.86. The zero-order valence-electron chi connectivity index (χ0n) is 16.0. The van der Waals surface area contributed by atoms with Crippen molar-refractivity contribution in [3.63, 3.8) is 0 Å². The van der Waals surface area contributed by atoms with Crippen molar-refractivity contribution in [3.05, 3.63) is 61.8 Å². The van der Waals surface area contributed by atoms with Gasteiger partial charge in [-0.25, -0.2) is 4.84 Å². The first kappa shape index (κ1) is 21.6. The average Bonchev–Trinajstić information content (AvgIpc) is 3.08. The summed E-state index contributed by atoms with van der Waals surface area (Å²) in [5.41, 5.74) is -0.0859. The van der Waals surface area contributed by atoms with Crippen LogP contribution in [0.15, 0.2) is 45.3 Å². The maximum atomic E-state index is 11.4. The van der Waals surface area contributed by atoms with Crippen molar-refractivity contribution in [2.45, 2.75) is 25.6 Å². The Balaban J connectivity index is 1.79. The van der Waals surface area contributed by atoms with E-state index in [1.54, 1.807) is 24.3 Å². The van der Waals surface area contributed by atoms with Gasteiger partial charge in [0.05, 0.1) is 16.0 Å². The Labute approximate surface area is 189 Å². The molecule has 2 aromatic carbocycles. The number of amidine groups is 1. The molecule has 0 spiro atoms. The number of rotatable bonds is 5. The molecule has 1 aliphatic rings. The van der Waals surface area contributed by atoms with Gasteiger partial charge in [0, 0.05) is 28.6 Å². The number of non-ortho nitro benzene ring substituents is 1. The highest BCUT2D eigenvalue weighted by Gasteiger charge is 2.30. The molecule has 1 atom stereocenters. The van der Waals surface area contributed by atoms with Crippen LogP contribution in [-0.4, -0.2) is 28.8 Å². The minimum Gasteiger partial charge on any atom is -0.504 e. The second-order valence-corrected chi connectivity index (χ2v) is 8.22. The van der Waals surface area contributed by atoms with Crippen LogP contribution in [-0.2, 0) is 9.57 Å². The van der Waals surface area contributed by atoms with Crippen LogP contribution in [0, 0.1) is 15.5 Å². The quantitative estimate of drug-likeness (QED) is 0.194. The maximum Gasteiger partial charge on any atom is 0.313 e. The largest absolute Gasteiger partial charge is 0.504 e. The average molecular weight is 511 g/mol. The Hall–Kier alpha value is -2.66. The summed E-state index contributed by atoms with van der Waals surface area (Å²) in [6, 6.07) is 9.35.